The Balaban J connectivity index is 1.90. The summed E-state index contributed by atoms with van der Waals surface area (Å²) in [7, 11) is 0. The topological polar surface area (TPSA) is 65.1 Å². The highest BCUT2D eigenvalue weighted by Crippen LogP contribution is 2.32. The molecule has 0 N–H and O–H groups in total. The SMILES string of the molecule is CCC(C)(CC(C)C(=O)Oc1ccccc1)C(=O)OCC1CO1. The molecule has 0 amide bonds. The zero-order valence-electron chi connectivity index (χ0n) is 13.9. The molecule has 0 saturated carbocycles. The van der Waals surface area contributed by atoms with Crippen LogP contribution in [0.5, 0.6) is 5.75 Å². The lowest BCUT2D eigenvalue weighted by atomic mass is 9.79. The van der Waals surface area contributed by atoms with Crippen LogP contribution in [-0.2, 0) is 19.1 Å². The summed E-state index contributed by atoms with van der Waals surface area (Å²) >= 11 is 0. The fraction of sp³-hybridized carbons (Fsp3) is 0.556. The normalized spacial score (nSPS) is 20.2. The maximum absolute atomic E-state index is 12.3. The summed E-state index contributed by atoms with van der Waals surface area (Å²) in [6, 6.07) is 8.93. The van der Waals surface area contributed by atoms with Crippen LogP contribution in [0.15, 0.2) is 30.3 Å². The predicted octanol–water partition coefficient (Wildman–Crippen LogP) is 2.98. The molecule has 3 atom stereocenters. The molecule has 0 spiro atoms. The lowest BCUT2D eigenvalue weighted by Gasteiger charge is -2.28. The Morgan fingerprint density at radius 3 is 2.57 bits per heavy atom. The van der Waals surface area contributed by atoms with Crippen LogP contribution >= 0.6 is 0 Å². The zero-order valence-corrected chi connectivity index (χ0v) is 13.9. The van der Waals surface area contributed by atoms with Crippen LogP contribution in [0.1, 0.15) is 33.6 Å². The second-order valence-corrected chi connectivity index (χ2v) is 6.31. The van der Waals surface area contributed by atoms with Crippen molar-refractivity contribution in [2.75, 3.05) is 13.2 Å². The van der Waals surface area contributed by atoms with E-state index in [1.807, 2.05) is 19.9 Å². The van der Waals surface area contributed by atoms with Crippen LogP contribution in [0.2, 0.25) is 0 Å². The first kappa shape index (κ1) is 17.5. The highest BCUT2D eigenvalue weighted by atomic mass is 16.6. The Morgan fingerprint density at radius 2 is 2.00 bits per heavy atom. The van der Waals surface area contributed by atoms with Crippen LogP contribution in [0.25, 0.3) is 0 Å². The fourth-order valence-electron chi connectivity index (χ4n) is 2.34. The lowest BCUT2D eigenvalue weighted by Crippen LogP contribution is -2.34. The largest absolute Gasteiger partial charge is 0.462 e. The van der Waals surface area contributed by atoms with Crippen LogP contribution in [0.3, 0.4) is 0 Å². The van der Waals surface area contributed by atoms with Crippen molar-refractivity contribution in [1.82, 2.24) is 0 Å². The smallest absolute Gasteiger partial charge is 0.314 e. The molecule has 23 heavy (non-hydrogen) atoms. The van der Waals surface area contributed by atoms with Crippen LogP contribution < -0.4 is 4.74 Å². The second kappa shape index (κ2) is 7.59. The molecule has 1 saturated heterocycles. The minimum Gasteiger partial charge on any atom is -0.462 e. The van der Waals surface area contributed by atoms with Crippen LogP contribution in [0.4, 0.5) is 0 Å². The van der Waals surface area contributed by atoms with Gasteiger partial charge < -0.3 is 14.2 Å². The molecule has 0 aromatic heterocycles. The average molecular weight is 320 g/mol. The maximum atomic E-state index is 12.3. The molecule has 1 aromatic rings. The molecular formula is C18H24O5. The molecule has 126 valence electrons. The number of carbonyl (C=O) groups excluding carboxylic acids is 2. The molecule has 5 nitrogen and oxygen atoms in total. The molecule has 1 heterocycles. The van der Waals surface area contributed by atoms with Crippen molar-refractivity contribution in [2.24, 2.45) is 11.3 Å². The molecular weight excluding hydrogens is 296 g/mol. The molecule has 1 aliphatic heterocycles. The maximum Gasteiger partial charge on any atom is 0.314 e. The van der Waals surface area contributed by atoms with Gasteiger partial charge in [-0.3, -0.25) is 9.59 Å². The third-order valence-electron chi connectivity index (χ3n) is 4.20. The summed E-state index contributed by atoms with van der Waals surface area (Å²) in [5.74, 6) is -0.509. The standard InChI is InChI=1S/C18H24O5/c1-4-18(3,17(20)22-12-15-11-21-15)10-13(2)16(19)23-14-8-6-5-7-9-14/h5-9,13,15H,4,10-12H2,1-3H3. The number of hydrogen-bond donors (Lipinski definition) is 0. The van der Waals surface area contributed by atoms with Crippen LogP contribution in [-0.4, -0.2) is 31.3 Å². The third-order valence-corrected chi connectivity index (χ3v) is 4.20. The zero-order chi connectivity index (χ0) is 16.9. The van der Waals surface area contributed by atoms with Gasteiger partial charge in [-0.05, 0) is 31.9 Å². The predicted molar refractivity (Wildman–Crippen MR) is 85.0 cm³/mol. The Kier molecular flexibility index (Phi) is 5.77. The first-order chi connectivity index (χ1) is 10.9. The molecule has 0 aliphatic carbocycles. The van der Waals surface area contributed by atoms with Gasteiger partial charge in [-0.1, -0.05) is 32.0 Å². The van der Waals surface area contributed by atoms with Crippen molar-refractivity contribution < 1.29 is 23.8 Å². The number of epoxide rings is 1. The van der Waals surface area contributed by atoms with Crippen molar-refractivity contribution in [1.29, 1.82) is 0 Å². The highest BCUT2D eigenvalue weighted by Gasteiger charge is 2.38. The molecule has 1 fully saturated rings. The van der Waals surface area contributed by atoms with E-state index in [-0.39, 0.29) is 24.6 Å². The number of ether oxygens (including phenoxy) is 3. The van der Waals surface area contributed by atoms with E-state index < -0.39 is 11.3 Å². The van der Waals surface area contributed by atoms with E-state index in [1.54, 1.807) is 31.2 Å². The minimum absolute atomic E-state index is 0.0422. The third kappa shape index (κ3) is 5.06. The summed E-state index contributed by atoms with van der Waals surface area (Å²) in [5.41, 5.74) is -0.704. The highest BCUT2D eigenvalue weighted by molar-refractivity contribution is 5.79. The first-order valence-corrected chi connectivity index (χ1v) is 8.00. The van der Waals surface area contributed by atoms with Crippen molar-refractivity contribution in [2.45, 2.75) is 39.7 Å². The number of benzene rings is 1. The minimum atomic E-state index is -0.704. The van der Waals surface area contributed by atoms with Gasteiger partial charge in [-0.2, -0.15) is 0 Å². The van der Waals surface area contributed by atoms with Crippen molar-refractivity contribution in [3.8, 4) is 5.75 Å². The Hall–Kier alpha value is -1.88. The van der Waals surface area contributed by atoms with Gasteiger partial charge in [0.2, 0.25) is 0 Å². The van der Waals surface area contributed by atoms with Crippen molar-refractivity contribution >= 4 is 11.9 Å². The van der Waals surface area contributed by atoms with E-state index >= 15 is 0 Å². The summed E-state index contributed by atoms with van der Waals surface area (Å²) in [6.07, 6.45) is 1.03. The van der Waals surface area contributed by atoms with E-state index in [4.69, 9.17) is 14.2 Å². The first-order valence-electron chi connectivity index (χ1n) is 8.00. The van der Waals surface area contributed by atoms with Gasteiger partial charge in [-0.25, -0.2) is 0 Å². The number of esters is 2. The number of rotatable bonds is 8. The number of para-hydroxylation sites is 1. The van der Waals surface area contributed by atoms with Gasteiger partial charge in [0.25, 0.3) is 0 Å². The van der Waals surface area contributed by atoms with Crippen LogP contribution in [0, 0.1) is 11.3 Å². The molecule has 5 heteroatoms. The van der Waals surface area contributed by atoms with Crippen molar-refractivity contribution in [3.63, 3.8) is 0 Å². The average Bonchev–Trinajstić information content (AvgIpc) is 3.37. The Morgan fingerprint density at radius 1 is 1.35 bits per heavy atom. The molecule has 1 aliphatic rings. The van der Waals surface area contributed by atoms with E-state index in [0.29, 0.717) is 25.2 Å². The van der Waals surface area contributed by atoms with Gasteiger partial charge in [0.1, 0.15) is 18.5 Å². The Bertz CT molecular complexity index is 538. The fourth-order valence-corrected chi connectivity index (χ4v) is 2.34. The summed E-state index contributed by atoms with van der Waals surface area (Å²) in [4.78, 5) is 24.5. The second-order valence-electron chi connectivity index (χ2n) is 6.31. The molecule has 1 aromatic carbocycles. The van der Waals surface area contributed by atoms with E-state index in [0.717, 1.165) is 0 Å². The summed E-state index contributed by atoms with van der Waals surface area (Å²) < 4.78 is 15.7. The quantitative estimate of drug-likeness (QED) is 0.418. The monoisotopic (exact) mass is 320 g/mol. The molecule has 2 rings (SSSR count). The summed E-state index contributed by atoms with van der Waals surface area (Å²) in [5, 5.41) is 0. The van der Waals surface area contributed by atoms with Gasteiger partial charge >= 0.3 is 11.9 Å². The molecule has 0 bridgehead atoms. The van der Waals surface area contributed by atoms with Crippen molar-refractivity contribution in [3.05, 3.63) is 30.3 Å². The molecule has 3 unspecified atom stereocenters. The van der Waals surface area contributed by atoms with E-state index in [2.05, 4.69) is 0 Å². The van der Waals surface area contributed by atoms with E-state index in [9.17, 15) is 9.59 Å². The number of hydrogen-bond acceptors (Lipinski definition) is 5. The summed E-state index contributed by atoms with van der Waals surface area (Å²) in [6.45, 7) is 6.46. The lowest BCUT2D eigenvalue weighted by molar-refractivity contribution is -0.157. The number of carbonyl (C=O) groups is 2. The van der Waals surface area contributed by atoms with Gasteiger partial charge in [0.05, 0.1) is 17.9 Å². The molecule has 0 radical (unpaired) electrons. The van der Waals surface area contributed by atoms with E-state index in [1.165, 1.54) is 0 Å². The Labute approximate surface area is 136 Å². The van der Waals surface area contributed by atoms with Gasteiger partial charge in [0.15, 0.2) is 0 Å². The van der Waals surface area contributed by atoms with Gasteiger partial charge in [0, 0.05) is 0 Å². The van der Waals surface area contributed by atoms with Gasteiger partial charge in [-0.15, -0.1) is 0 Å².